The van der Waals surface area contributed by atoms with Gasteiger partial charge in [0, 0.05) is 0 Å². The molecule has 256 valence electrons. The standard InChI is InChI=1S/C30H34F2O3.C8H6F2O3/c1-2-3-4-5-6-7-8-9-10-22-11-13-23(14-12-22)24-15-17-25(18-16-24)28-21-26(35-30(31)32)19-20-27(28)29(33)34;9-8(10)13-6-3-1-5(2-4-6)7(11)12/h11-21,30H,2-10H2,1H3,(H,33,34);1-4,8H,(H,11,12). The normalized spacial score (nSPS) is 10.8. The number of aromatic carboxylic acids is 2. The van der Waals surface area contributed by atoms with E-state index in [2.05, 4.69) is 40.7 Å². The molecule has 0 saturated carbocycles. The van der Waals surface area contributed by atoms with Gasteiger partial charge in [0.05, 0.1) is 11.1 Å². The summed E-state index contributed by atoms with van der Waals surface area (Å²) in [6.07, 6.45) is 11.6. The Morgan fingerprint density at radius 1 is 0.583 bits per heavy atom. The van der Waals surface area contributed by atoms with Crippen LogP contribution in [0.5, 0.6) is 11.5 Å². The lowest BCUT2D eigenvalue weighted by Crippen LogP contribution is -2.04. The topological polar surface area (TPSA) is 93.1 Å². The molecule has 0 spiro atoms. The molecule has 0 amide bonds. The van der Waals surface area contributed by atoms with E-state index < -0.39 is 25.2 Å². The van der Waals surface area contributed by atoms with Crippen molar-refractivity contribution in [2.45, 2.75) is 77.9 Å². The van der Waals surface area contributed by atoms with Crippen molar-refractivity contribution in [1.82, 2.24) is 0 Å². The summed E-state index contributed by atoms with van der Waals surface area (Å²) in [7, 11) is 0. The lowest BCUT2D eigenvalue weighted by atomic mass is 9.96. The van der Waals surface area contributed by atoms with Gasteiger partial charge in [0.25, 0.3) is 0 Å². The van der Waals surface area contributed by atoms with E-state index >= 15 is 0 Å². The maximum Gasteiger partial charge on any atom is 0.387 e. The van der Waals surface area contributed by atoms with Crippen LogP contribution in [-0.4, -0.2) is 35.4 Å². The van der Waals surface area contributed by atoms with Crippen molar-refractivity contribution in [2.24, 2.45) is 0 Å². The van der Waals surface area contributed by atoms with Gasteiger partial charge >= 0.3 is 25.2 Å². The third kappa shape index (κ3) is 12.7. The first-order chi connectivity index (χ1) is 23.1. The van der Waals surface area contributed by atoms with Gasteiger partial charge in [-0.15, -0.1) is 0 Å². The number of ether oxygens (including phenoxy) is 2. The van der Waals surface area contributed by atoms with Crippen molar-refractivity contribution in [3.05, 3.63) is 108 Å². The lowest BCUT2D eigenvalue weighted by Gasteiger charge is -2.11. The van der Waals surface area contributed by atoms with Gasteiger partial charge < -0.3 is 19.7 Å². The minimum Gasteiger partial charge on any atom is -0.478 e. The second kappa shape index (κ2) is 19.7. The van der Waals surface area contributed by atoms with Crippen molar-refractivity contribution < 1.29 is 46.8 Å². The van der Waals surface area contributed by atoms with Crippen molar-refractivity contribution in [3.8, 4) is 33.8 Å². The summed E-state index contributed by atoms with van der Waals surface area (Å²) in [6.45, 7) is -3.62. The molecule has 4 rings (SSSR count). The Labute approximate surface area is 278 Å². The first-order valence-electron chi connectivity index (χ1n) is 15.9. The summed E-state index contributed by atoms with van der Waals surface area (Å²) in [5.41, 5.74) is 4.43. The summed E-state index contributed by atoms with van der Waals surface area (Å²) in [6, 6.07) is 24.6. The number of unbranched alkanes of at least 4 members (excludes halogenated alkanes) is 7. The zero-order valence-electron chi connectivity index (χ0n) is 26.7. The molecule has 10 heteroatoms. The lowest BCUT2D eigenvalue weighted by molar-refractivity contribution is -0.0505. The van der Waals surface area contributed by atoms with Crippen molar-refractivity contribution in [2.75, 3.05) is 0 Å². The number of rotatable bonds is 17. The third-order valence-electron chi connectivity index (χ3n) is 7.58. The van der Waals surface area contributed by atoms with Gasteiger partial charge in [-0.1, -0.05) is 100 Å². The van der Waals surface area contributed by atoms with E-state index in [4.69, 9.17) is 5.11 Å². The fraction of sp³-hybridized carbons (Fsp3) is 0.316. The summed E-state index contributed by atoms with van der Waals surface area (Å²) in [5, 5.41) is 18.0. The SMILES string of the molecule is CCCCCCCCCCc1ccc(-c2ccc(-c3cc(OC(F)F)ccc3C(=O)O)cc2)cc1.O=C(O)c1ccc(OC(F)F)cc1. The molecule has 6 nitrogen and oxygen atoms in total. The maximum atomic E-state index is 12.6. The summed E-state index contributed by atoms with van der Waals surface area (Å²) in [5.74, 6) is -2.36. The van der Waals surface area contributed by atoms with E-state index in [1.807, 2.05) is 12.1 Å². The molecule has 0 aliphatic rings. The van der Waals surface area contributed by atoms with Gasteiger partial charge in [-0.05, 0) is 83.1 Å². The van der Waals surface area contributed by atoms with E-state index in [0.717, 1.165) is 17.5 Å². The Hall–Kier alpha value is -4.86. The number of benzene rings is 4. The number of hydrogen-bond acceptors (Lipinski definition) is 4. The van der Waals surface area contributed by atoms with Gasteiger partial charge in [0.1, 0.15) is 11.5 Å². The van der Waals surface area contributed by atoms with E-state index in [1.54, 1.807) is 12.1 Å². The van der Waals surface area contributed by atoms with Gasteiger partial charge in [-0.25, -0.2) is 9.59 Å². The Morgan fingerprint density at radius 3 is 1.58 bits per heavy atom. The van der Waals surface area contributed by atoms with Crippen molar-refractivity contribution in [1.29, 1.82) is 0 Å². The number of aryl methyl sites for hydroxylation is 1. The van der Waals surface area contributed by atoms with E-state index in [-0.39, 0.29) is 22.6 Å². The Bertz CT molecular complexity index is 1560. The number of alkyl halides is 4. The van der Waals surface area contributed by atoms with Gasteiger partial charge in [0.15, 0.2) is 0 Å². The van der Waals surface area contributed by atoms with Crippen molar-refractivity contribution >= 4 is 11.9 Å². The van der Waals surface area contributed by atoms with Crippen LogP contribution in [0.2, 0.25) is 0 Å². The largest absolute Gasteiger partial charge is 0.478 e. The monoisotopic (exact) mass is 668 g/mol. The van der Waals surface area contributed by atoms with Crippen LogP contribution >= 0.6 is 0 Å². The van der Waals surface area contributed by atoms with E-state index in [0.29, 0.717) is 11.1 Å². The number of carboxylic acids is 2. The molecule has 4 aromatic rings. The van der Waals surface area contributed by atoms with Crippen LogP contribution in [0.3, 0.4) is 0 Å². The zero-order valence-corrected chi connectivity index (χ0v) is 26.7. The molecule has 0 atom stereocenters. The van der Waals surface area contributed by atoms with Crippen LogP contribution in [0, 0.1) is 0 Å². The fourth-order valence-corrected chi connectivity index (χ4v) is 5.07. The molecule has 4 aromatic carbocycles. The van der Waals surface area contributed by atoms with Crippen LogP contribution in [0.15, 0.2) is 91.0 Å². The summed E-state index contributed by atoms with van der Waals surface area (Å²) >= 11 is 0. The molecule has 0 saturated heterocycles. The molecule has 2 N–H and O–H groups in total. The van der Waals surface area contributed by atoms with Crippen molar-refractivity contribution in [3.63, 3.8) is 0 Å². The molecule has 0 aliphatic heterocycles. The average molecular weight is 669 g/mol. The van der Waals surface area contributed by atoms with E-state index in [9.17, 15) is 32.3 Å². The van der Waals surface area contributed by atoms with Gasteiger partial charge in [0.2, 0.25) is 0 Å². The van der Waals surface area contributed by atoms with Gasteiger partial charge in [-0.2, -0.15) is 17.6 Å². The molecule has 0 radical (unpaired) electrons. The quantitative estimate of drug-likeness (QED) is 0.0859. The molecular weight excluding hydrogens is 628 g/mol. The first kappa shape index (κ1) is 37.6. The minimum absolute atomic E-state index is 0.0293. The number of carboxylic acid groups (broad SMARTS) is 2. The number of hydrogen-bond donors (Lipinski definition) is 2. The smallest absolute Gasteiger partial charge is 0.387 e. The molecule has 0 unspecified atom stereocenters. The second-order valence-corrected chi connectivity index (χ2v) is 11.1. The highest BCUT2D eigenvalue weighted by atomic mass is 19.3. The molecule has 0 aliphatic carbocycles. The highest BCUT2D eigenvalue weighted by Gasteiger charge is 2.15. The minimum atomic E-state index is -2.97. The van der Waals surface area contributed by atoms with Crippen LogP contribution < -0.4 is 9.47 Å². The summed E-state index contributed by atoms with van der Waals surface area (Å²) < 4.78 is 57.0. The Balaban J connectivity index is 0.000000402. The van der Waals surface area contributed by atoms with Crippen LogP contribution in [0.1, 0.15) is 84.6 Å². The predicted molar refractivity (Wildman–Crippen MR) is 177 cm³/mol. The molecule has 0 aromatic heterocycles. The average Bonchev–Trinajstić information content (AvgIpc) is 3.06. The maximum absolute atomic E-state index is 12.6. The molecule has 0 bridgehead atoms. The van der Waals surface area contributed by atoms with Crippen LogP contribution in [0.4, 0.5) is 17.6 Å². The van der Waals surface area contributed by atoms with Gasteiger partial charge in [-0.3, -0.25) is 0 Å². The zero-order chi connectivity index (χ0) is 34.9. The summed E-state index contributed by atoms with van der Waals surface area (Å²) in [4.78, 5) is 22.0. The highest BCUT2D eigenvalue weighted by molar-refractivity contribution is 5.96. The first-order valence-corrected chi connectivity index (χ1v) is 15.9. The van der Waals surface area contributed by atoms with Crippen LogP contribution in [0.25, 0.3) is 22.3 Å². The van der Waals surface area contributed by atoms with E-state index in [1.165, 1.54) is 99.4 Å². The highest BCUT2D eigenvalue weighted by Crippen LogP contribution is 2.31. The molecule has 48 heavy (non-hydrogen) atoms. The fourth-order valence-electron chi connectivity index (χ4n) is 5.07. The second-order valence-electron chi connectivity index (χ2n) is 11.1. The third-order valence-corrected chi connectivity index (χ3v) is 7.58. The molecular formula is C38H40F4O6. The van der Waals surface area contributed by atoms with Crippen LogP contribution in [-0.2, 0) is 6.42 Å². The number of halogens is 4. The number of carbonyl (C=O) groups is 2. The molecule has 0 fully saturated rings. The molecule has 0 heterocycles. The Morgan fingerprint density at radius 2 is 1.06 bits per heavy atom. The predicted octanol–water partition coefficient (Wildman–Crippen LogP) is 11.0. The Kier molecular flexibility index (Phi) is 15.4.